The maximum Gasteiger partial charge on any atom is 0.316 e. The fraction of sp³-hybridized carbons (Fsp3) is 0.925. The number of cyclic esters (lactones) is 3. The Morgan fingerprint density at radius 1 is 0.342 bits per heavy atom. The number of rotatable bonds is 11. The monoisotopic (exact) mass is 1720 g/mol. The van der Waals surface area contributed by atoms with Crippen LogP contribution >= 0.6 is 0 Å². The van der Waals surface area contributed by atoms with Crippen LogP contribution in [0.4, 0.5) is 0 Å². The number of hydrogen-bond acceptors (Lipinski definition) is 27. The number of esters is 3. The lowest BCUT2D eigenvalue weighted by molar-refractivity contribution is -0.300. The predicted octanol–water partition coefficient (Wildman–Crippen LogP) is 11.5. The minimum atomic E-state index is -1.92. The molecule has 0 amide bonds. The fourth-order valence-corrected chi connectivity index (χ4v) is 22.4. The zero-order valence-corrected chi connectivity index (χ0v) is 80.8. The van der Waals surface area contributed by atoms with E-state index in [0.29, 0.717) is 12.8 Å². The largest absolute Gasteiger partial charge is 0.459 e. The lowest BCUT2D eigenvalue weighted by atomic mass is 9.60. The van der Waals surface area contributed by atoms with Gasteiger partial charge in [0.2, 0.25) is 0 Å². The molecule has 0 saturated carbocycles. The SMILES string of the molecule is CC[C@H]1OC(=O)[C@H](C)C(=O)[C@H](C)[C@@H](C(C)(C)C)[C@](C)(OC)C[C@@H](C)C(=O)[C@H](C)[C@@H](O)[C@]1(C)O.CC[C@H]1OC(=O)[C@H](C)[C@@H](O[C@H]2C[C@@](C)(OC)[C@@H](O)[C@H](C)O2)[C@H](C)[C@@H](C(C)(C)C)[C@](C)(O)C[C@@H](C)C(=O)[C@H](C)[C@@H](O)[C@]1(C)O.CC[C@H]1OC(=O)[C@H](C)[C@@H](O[C@H]2C[C@@](C)(OC)[C@@H](O)[C@H](C)O2)[C@H](C)[C@@H](C(C)(C)C)[C@](C)(OC)C[C@@H](C)C(=O)[C@H](C)[C@@H](O)[C@]1(C)O. The van der Waals surface area contributed by atoms with Crippen LogP contribution in [-0.4, -0.2) is 246 Å². The number of ketones is 4. The second-order valence-electron chi connectivity index (χ2n) is 42.1. The van der Waals surface area contributed by atoms with Gasteiger partial charge in [-0.2, -0.15) is 0 Å². The van der Waals surface area contributed by atoms with E-state index in [1.807, 2.05) is 76.2 Å². The molecule has 5 aliphatic rings. The molecule has 5 aliphatic heterocycles. The summed E-state index contributed by atoms with van der Waals surface area (Å²) in [6, 6.07) is 0. The maximum atomic E-state index is 13.9. The molecule has 702 valence electrons. The summed E-state index contributed by atoms with van der Waals surface area (Å²) in [4.78, 5) is 94.8. The first-order chi connectivity index (χ1) is 54.3. The summed E-state index contributed by atoms with van der Waals surface area (Å²) in [5.41, 5.74) is -11.9. The van der Waals surface area contributed by atoms with Crippen molar-refractivity contribution >= 4 is 41.0 Å². The van der Waals surface area contributed by atoms with Gasteiger partial charge in [0, 0.05) is 88.6 Å². The van der Waals surface area contributed by atoms with Crippen molar-refractivity contribution < 1.29 is 132 Å². The Morgan fingerprint density at radius 2 is 0.608 bits per heavy atom. The highest BCUT2D eigenvalue weighted by Gasteiger charge is 2.59. The smallest absolute Gasteiger partial charge is 0.316 e. The van der Waals surface area contributed by atoms with Crippen LogP contribution in [0.3, 0.4) is 0 Å². The number of carbonyl (C=O) groups excluding carboxylic acids is 7. The normalized spacial score (nSPS) is 46.2. The molecule has 5 rings (SSSR count). The van der Waals surface area contributed by atoms with Crippen LogP contribution < -0.4 is 0 Å². The van der Waals surface area contributed by atoms with E-state index in [1.165, 1.54) is 41.9 Å². The van der Waals surface area contributed by atoms with Crippen LogP contribution in [0, 0.1) is 105 Å². The fourth-order valence-electron chi connectivity index (χ4n) is 22.4. The van der Waals surface area contributed by atoms with E-state index >= 15 is 0 Å². The Morgan fingerprint density at radius 3 is 0.883 bits per heavy atom. The second-order valence-corrected chi connectivity index (χ2v) is 42.1. The Hall–Kier alpha value is -3.59. The highest BCUT2D eigenvalue weighted by molar-refractivity contribution is 6.00. The van der Waals surface area contributed by atoms with Crippen molar-refractivity contribution in [3.05, 3.63) is 0 Å². The first-order valence-corrected chi connectivity index (χ1v) is 44.2. The summed E-state index contributed by atoms with van der Waals surface area (Å²) in [6.07, 6.45) is -12.1. The topological polar surface area (TPSA) is 403 Å². The van der Waals surface area contributed by atoms with Gasteiger partial charge in [-0.1, -0.05) is 145 Å². The molecule has 5 heterocycles. The number of carbonyl (C=O) groups is 7. The van der Waals surface area contributed by atoms with Gasteiger partial charge in [0.1, 0.15) is 76.4 Å². The third-order valence-electron chi connectivity index (χ3n) is 28.8. The number of aliphatic hydroxyl groups excluding tert-OH is 5. The minimum absolute atomic E-state index is 0.102. The van der Waals surface area contributed by atoms with Crippen molar-refractivity contribution in [1.29, 1.82) is 0 Å². The lowest BCUT2D eigenvalue weighted by Gasteiger charge is -2.52. The molecule has 0 unspecified atom stereocenters. The van der Waals surface area contributed by atoms with Gasteiger partial charge in [-0.3, -0.25) is 33.6 Å². The van der Waals surface area contributed by atoms with Crippen molar-refractivity contribution in [3.63, 3.8) is 0 Å². The number of ether oxygens (including phenoxy) is 11. The van der Waals surface area contributed by atoms with Crippen LogP contribution in [0.5, 0.6) is 0 Å². The third kappa shape index (κ3) is 24.8. The molecule has 0 aromatic carbocycles. The third-order valence-corrected chi connectivity index (χ3v) is 28.8. The van der Waals surface area contributed by atoms with Crippen LogP contribution in [0.1, 0.15) is 287 Å². The van der Waals surface area contributed by atoms with E-state index in [2.05, 4.69) is 20.8 Å². The van der Waals surface area contributed by atoms with Gasteiger partial charge in [-0.25, -0.2) is 0 Å². The second kappa shape index (κ2) is 42.1. The van der Waals surface area contributed by atoms with E-state index in [9.17, 15) is 79.5 Å². The molecule has 9 N–H and O–H groups in total. The van der Waals surface area contributed by atoms with Crippen molar-refractivity contribution in [3.8, 4) is 0 Å². The molecule has 27 nitrogen and oxygen atoms in total. The van der Waals surface area contributed by atoms with Crippen LogP contribution in [-0.2, 0) is 85.7 Å². The molecule has 5 fully saturated rings. The molecule has 0 aromatic rings. The van der Waals surface area contributed by atoms with Gasteiger partial charge in [-0.05, 0) is 168 Å². The van der Waals surface area contributed by atoms with Crippen molar-refractivity contribution in [2.75, 3.05) is 28.4 Å². The summed E-state index contributed by atoms with van der Waals surface area (Å²) in [5.74, 6) is -12.5. The zero-order chi connectivity index (χ0) is 93.7. The standard InChI is InChI=1S/C34H62O10.C33H60O10.C26H46O7/c1-15-23-34(12,39)28(36)19(3)25(35)18(2)16-32(10,40-13)27(31(7,8)9)20(4)26(21(5)30(38)43-23)44-24-17-33(11,41-14)29(37)22(6)42-24;1-14-22-33(12,39)27(35)18(3)24(34)17(2)15-31(10,38)26(30(7,8)9)19(4)25(20(5)29(37)42-22)43-23-16-32(11,40-13)28(36)21(6)41-23;1-12-18-26(10,31)22(29)16(4)19(27)14(2)13-25(9,32-11)21(24(6,7)8)15(3)20(28)17(5)23(30)33-18/h18-24,26-29,36-37,39H,15-17H2,1-14H3;17-23,25-28,35-36,38-39H,14-16H2,1-13H3;14-18,21-22,29,31H,12-13H2,1-11H3/t18-,19+,20+,21-,22+,23-,24+,26+,27+,28-,29+,32-,33-,34-;17-,18+,19+,20-,21+,22-,23+,25+,26+,27-,28+,31-,32-,33-;14-,15+,16+,17-,18-,21+,22-,25-,26-/m111/s1. The summed E-state index contributed by atoms with van der Waals surface area (Å²) >= 11 is 0. The van der Waals surface area contributed by atoms with E-state index in [4.69, 9.17) is 52.1 Å². The van der Waals surface area contributed by atoms with Crippen LogP contribution in [0.15, 0.2) is 0 Å². The highest BCUT2D eigenvalue weighted by atomic mass is 16.7. The minimum Gasteiger partial charge on any atom is -0.459 e. The summed E-state index contributed by atoms with van der Waals surface area (Å²) in [5, 5.41) is 101. The van der Waals surface area contributed by atoms with Gasteiger partial charge in [0.15, 0.2) is 12.6 Å². The molecule has 0 aliphatic carbocycles. The highest BCUT2D eigenvalue weighted by Crippen LogP contribution is 2.52. The molecular formula is C93H168O27. The molecular weight excluding hydrogens is 1550 g/mol. The summed E-state index contributed by atoms with van der Waals surface area (Å²) in [7, 11) is 6.26. The van der Waals surface area contributed by atoms with Gasteiger partial charge < -0.3 is 98.1 Å². The van der Waals surface area contributed by atoms with Crippen LogP contribution in [0.25, 0.3) is 0 Å². The summed E-state index contributed by atoms with van der Waals surface area (Å²) in [6.45, 7) is 61.2. The lowest BCUT2D eigenvalue weighted by Crippen LogP contribution is -2.59. The van der Waals surface area contributed by atoms with E-state index in [-0.39, 0.29) is 90.2 Å². The molecule has 0 radical (unpaired) electrons. The van der Waals surface area contributed by atoms with Crippen molar-refractivity contribution in [2.24, 2.45) is 105 Å². The molecule has 0 aromatic heterocycles. The van der Waals surface area contributed by atoms with E-state index < -0.39 is 225 Å². The first-order valence-electron chi connectivity index (χ1n) is 44.2. The molecule has 5 saturated heterocycles. The van der Waals surface area contributed by atoms with E-state index in [1.54, 1.807) is 125 Å². The zero-order valence-electron chi connectivity index (χ0n) is 80.8. The Bertz CT molecular complexity index is 3330. The van der Waals surface area contributed by atoms with Gasteiger partial charge in [0.05, 0.1) is 82.6 Å². The average Bonchev–Trinajstić information content (AvgIpc) is 0.762. The number of Topliss-reactive ketones (excluding diaryl/α,β-unsaturated/α-hetero) is 4. The molecule has 120 heavy (non-hydrogen) atoms. The Labute approximate surface area is 720 Å². The van der Waals surface area contributed by atoms with Gasteiger partial charge >= 0.3 is 17.9 Å². The molecule has 27 heteroatoms. The molecule has 37 atom stereocenters. The van der Waals surface area contributed by atoms with Gasteiger partial charge in [-0.15, -0.1) is 0 Å². The van der Waals surface area contributed by atoms with E-state index in [0.717, 1.165) is 0 Å². The number of methoxy groups -OCH3 is 4. The molecule has 0 spiro atoms. The average molecular weight is 1720 g/mol. The predicted molar refractivity (Wildman–Crippen MR) is 455 cm³/mol. The first kappa shape index (κ1) is 111. The van der Waals surface area contributed by atoms with Crippen LogP contribution in [0.2, 0.25) is 0 Å². The van der Waals surface area contributed by atoms with Gasteiger partial charge in [0.25, 0.3) is 0 Å². The quantitative estimate of drug-likeness (QED) is 0.0527. The molecule has 0 bridgehead atoms. The van der Waals surface area contributed by atoms with Crippen molar-refractivity contribution in [1.82, 2.24) is 0 Å². The number of aliphatic hydroxyl groups is 9. The Balaban J connectivity index is 0.000000471. The Kier molecular flexibility index (Phi) is 38.8. The van der Waals surface area contributed by atoms with Crippen molar-refractivity contribution in [2.45, 2.75) is 417 Å². The summed E-state index contributed by atoms with van der Waals surface area (Å²) < 4.78 is 66.5. The number of hydrogen-bond donors (Lipinski definition) is 9. The maximum absolute atomic E-state index is 13.9.